The molecule has 0 amide bonds. The van der Waals surface area contributed by atoms with E-state index in [0.717, 1.165) is 0 Å². The lowest BCUT2D eigenvalue weighted by atomic mass is 9.81. The van der Waals surface area contributed by atoms with E-state index in [0.29, 0.717) is 0 Å². The number of hydrogen-bond acceptors (Lipinski definition) is 0. The molecule has 170 valence electrons. The Morgan fingerprint density at radius 3 is 1.92 bits per heavy atom. The van der Waals surface area contributed by atoms with Crippen molar-refractivity contribution in [3.63, 3.8) is 0 Å². The summed E-state index contributed by atoms with van der Waals surface area (Å²) in [6.45, 7) is 4.70. The van der Waals surface area contributed by atoms with Crippen LogP contribution in [0.3, 0.4) is 0 Å². The van der Waals surface area contributed by atoms with Crippen molar-refractivity contribution in [2.45, 2.75) is 19.3 Å². The average molecular weight is 460 g/mol. The van der Waals surface area contributed by atoms with E-state index in [1.165, 1.54) is 76.7 Å². The molecule has 0 unspecified atom stereocenters. The van der Waals surface area contributed by atoms with Crippen molar-refractivity contribution in [3.8, 4) is 22.3 Å². The van der Waals surface area contributed by atoms with E-state index in [4.69, 9.17) is 0 Å². The number of hydrogen-bond donors (Lipinski definition) is 1. The molecule has 36 heavy (non-hydrogen) atoms. The number of benzene rings is 6. The predicted octanol–water partition coefficient (Wildman–Crippen LogP) is 9.60. The van der Waals surface area contributed by atoms with E-state index in [1.54, 1.807) is 0 Å². The standard InChI is InChI=1S/C35H25N/c1-35(2)30-17-8-7-12-25(30)26-19-18-21(20-31(26)35)22-15-9-16-29-32-27-13-5-3-10-23(27)24-11-4-6-14-28(24)34(32)36-33(22)29/h3-20,36H,1-2H3. The molecule has 0 saturated heterocycles. The number of fused-ring (bicyclic) bond motifs is 11. The van der Waals surface area contributed by atoms with Crippen molar-refractivity contribution in [1.82, 2.24) is 4.98 Å². The summed E-state index contributed by atoms with van der Waals surface area (Å²) in [6.07, 6.45) is 0. The monoisotopic (exact) mass is 459 g/mol. The van der Waals surface area contributed by atoms with Crippen LogP contribution in [0.15, 0.2) is 109 Å². The number of aromatic nitrogens is 1. The molecule has 1 heteroatoms. The Hall–Kier alpha value is -4.36. The minimum atomic E-state index is -0.0112. The highest BCUT2D eigenvalue weighted by molar-refractivity contribution is 6.32. The fraction of sp³-hybridized carbons (Fsp3) is 0.0857. The maximum Gasteiger partial charge on any atom is 0.0551 e. The fourth-order valence-corrected chi connectivity index (χ4v) is 6.68. The van der Waals surface area contributed by atoms with Gasteiger partial charge in [0.25, 0.3) is 0 Å². The molecular weight excluding hydrogens is 434 g/mol. The van der Waals surface area contributed by atoms with Crippen molar-refractivity contribution in [1.29, 1.82) is 0 Å². The van der Waals surface area contributed by atoms with Gasteiger partial charge in [-0.3, -0.25) is 0 Å². The van der Waals surface area contributed by atoms with Gasteiger partial charge in [-0.2, -0.15) is 0 Å². The molecule has 7 aromatic rings. The summed E-state index contributed by atoms with van der Waals surface area (Å²) < 4.78 is 0. The highest BCUT2D eigenvalue weighted by Crippen LogP contribution is 2.50. The van der Waals surface area contributed by atoms with Gasteiger partial charge in [0, 0.05) is 27.1 Å². The van der Waals surface area contributed by atoms with Crippen LogP contribution >= 0.6 is 0 Å². The van der Waals surface area contributed by atoms with E-state index in [-0.39, 0.29) is 5.41 Å². The Balaban J connectivity index is 1.45. The lowest BCUT2D eigenvalue weighted by Gasteiger charge is -2.22. The third kappa shape index (κ3) is 2.45. The van der Waals surface area contributed by atoms with Crippen molar-refractivity contribution in [2.75, 3.05) is 0 Å². The van der Waals surface area contributed by atoms with Crippen LogP contribution in [0, 0.1) is 0 Å². The zero-order chi connectivity index (χ0) is 24.0. The van der Waals surface area contributed by atoms with Gasteiger partial charge in [0.15, 0.2) is 0 Å². The highest BCUT2D eigenvalue weighted by Gasteiger charge is 2.35. The molecule has 1 nitrogen and oxygen atoms in total. The molecule has 0 radical (unpaired) electrons. The summed E-state index contributed by atoms with van der Waals surface area (Å²) in [6, 6.07) is 40.2. The van der Waals surface area contributed by atoms with Gasteiger partial charge in [0.1, 0.15) is 0 Å². The second-order valence-electron chi connectivity index (χ2n) is 10.6. The van der Waals surface area contributed by atoms with Gasteiger partial charge in [-0.1, -0.05) is 117 Å². The fourth-order valence-electron chi connectivity index (χ4n) is 6.68. The van der Waals surface area contributed by atoms with Crippen LogP contribution in [0.4, 0.5) is 0 Å². The summed E-state index contributed by atoms with van der Waals surface area (Å²) in [7, 11) is 0. The first-order valence-corrected chi connectivity index (χ1v) is 12.7. The first-order chi connectivity index (χ1) is 17.6. The van der Waals surface area contributed by atoms with Gasteiger partial charge < -0.3 is 4.98 Å². The first kappa shape index (κ1) is 19.9. The molecule has 0 spiro atoms. The van der Waals surface area contributed by atoms with Crippen LogP contribution in [0.2, 0.25) is 0 Å². The smallest absolute Gasteiger partial charge is 0.0551 e. The molecule has 0 bridgehead atoms. The second-order valence-corrected chi connectivity index (χ2v) is 10.6. The molecule has 1 aliphatic rings. The minimum absolute atomic E-state index is 0.0112. The summed E-state index contributed by atoms with van der Waals surface area (Å²) >= 11 is 0. The molecule has 8 rings (SSSR count). The third-order valence-corrected chi connectivity index (χ3v) is 8.41. The highest BCUT2D eigenvalue weighted by atomic mass is 14.7. The van der Waals surface area contributed by atoms with Crippen molar-refractivity contribution in [3.05, 3.63) is 120 Å². The van der Waals surface area contributed by atoms with E-state index in [2.05, 4.69) is 128 Å². The Labute approximate surface area is 210 Å². The van der Waals surface area contributed by atoms with Crippen molar-refractivity contribution < 1.29 is 0 Å². The van der Waals surface area contributed by atoms with E-state index >= 15 is 0 Å². The van der Waals surface area contributed by atoms with Gasteiger partial charge in [-0.05, 0) is 50.0 Å². The number of nitrogens with one attached hydrogen (secondary N) is 1. The summed E-state index contributed by atoms with van der Waals surface area (Å²) in [4.78, 5) is 3.89. The second kappa shape index (κ2) is 6.86. The zero-order valence-electron chi connectivity index (χ0n) is 20.4. The molecule has 0 atom stereocenters. The maximum atomic E-state index is 3.89. The van der Waals surface area contributed by atoms with Crippen LogP contribution in [-0.4, -0.2) is 4.98 Å². The Bertz CT molecular complexity index is 2020. The molecule has 0 saturated carbocycles. The average Bonchev–Trinajstić information content (AvgIpc) is 3.43. The first-order valence-electron chi connectivity index (χ1n) is 12.7. The quantitative estimate of drug-likeness (QED) is 0.235. The normalized spacial score (nSPS) is 14.1. The predicted molar refractivity (Wildman–Crippen MR) is 154 cm³/mol. The van der Waals surface area contributed by atoms with Crippen molar-refractivity contribution >= 4 is 43.4 Å². The summed E-state index contributed by atoms with van der Waals surface area (Å²) in [5.74, 6) is 0. The van der Waals surface area contributed by atoms with Gasteiger partial charge in [-0.15, -0.1) is 0 Å². The largest absolute Gasteiger partial charge is 0.353 e. The lowest BCUT2D eigenvalue weighted by Crippen LogP contribution is -2.14. The van der Waals surface area contributed by atoms with E-state index in [9.17, 15) is 0 Å². The van der Waals surface area contributed by atoms with E-state index < -0.39 is 0 Å². The lowest BCUT2D eigenvalue weighted by molar-refractivity contribution is 0.660. The summed E-state index contributed by atoms with van der Waals surface area (Å²) in [5.41, 5.74) is 10.5. The van der Waals surface area contributed by atoms with Crippen LogP contribution in [-0.2, 0) is 5.41 Å². The molecule has 0 aliphatic heterocycles. The Morgan fingerprint density at radius 2 is 1.08 bits per heavy atom. The Morgan fingerprint density at radius 1 is 0.472 bits per heavy atom. The maximum absolute atomic E-state index is 3.89. The van der Waals surface area contributed by atoms with Crippen molar-refractivity contribution in [2.24, 2.45) is 0 Å². The van der Waals surface area contributed by atoms with Crippen LogP contribution in [0.25, 0.3) is 65.6 Å². The third-order valence-electron chi connectivity index (χ3n) is 8.41. The Kier molecular flexibility index (Phi) is 3.79. The molecule has 1 N–H and O–H groups in total. The van der Waals surface area contributed by atoms with Gasteiger partial charge in [-0.25, -0.2) is 0 Å². The van der Waals surface area contributed by atoms with Gasteiger partial charge in [0.05, 0.1) is 11.0 Å². The zero-order valence-corrected chi connectivity index (χ0v) is 20.4. The molecule has 6 aromatic carbocycles. The molecule has 0 fully saturated rings. The van der Waals surface area contributed by atoms with E-state index in [1.807, 2.05) is 0 Å². The van der Waals surface area contributed by atoms with Crippen LogP contribution in [0.1, 0.15) is 25.0 Å². The molecule has 1 aliphatic carbocycles. The summed E-state index contributed by atoms with van der Waals surface area (Å²) in [5, 5.41) is 7.79. The molecule has 1 aromatic heterocycles. The molecular formula is C35H25N. The number of rotatable bonds is 1. The van der Waals surface area contributed by atoms with Gasteiger partial charge in [0.2, 0.25) is 0 Å². The number of aromatic amines is 1. The molecule has 1 heterocycles. The van der Waals surface area contributed by atoms with Crippen LogP contribution in [0.5, 0.6) is 0 Å². The van der Waals surface area contributed by atoms with Crippen LogP contribution < -0.4 is 0 Å². The number of H-pyrrole nitrogens is 1. The van der Waals surface area contributed by atoms with Gasteiger partial charge >= 0.3 is 0 Å². The topological polar surface area (TPSA) is 15.8 Å². The SMILES string of the molecule is CC1(C)c2ccccc2-c2ccc(-c3cccc4c3[nH]c3c5ccccc5c5ccccc5c43)cc21. The minimum Gasteiger partial charge on any atom is -0.353 e. The number of para-hydroxylation sites is 1.